The summed E-state index contributed by atoms with van der Waals surface area (Å²) >= 11 is 1.85. The lowest BCUT2D eigenvalue weighted by atomic mass is 10.1. The van der Waals surface area contributed by atoms with Gasteiger partial charge in [-0.2, -0.15) is 0 Å². The molecule has 1 aliphatic carbocycles. The lowest BCUT2D eigenvalue weighted by Gasteiger charge is -2.00. The SMILES string of the molecule is c1cnc2cc(-c3ccc(CNC4CC4)s3)ccc2n1. The van der Waals surface area contributed by atoms with Crippen LogP contribution in [0.3, 0.4) is 0 Å². The minimum atomic E-state index is 0.761. The van der Waals surface area contributed by atoms with Gasteiger partial charge in [-0.3, -0.25) is 9.97 Å². The van der Waals surface area contributed by atoms with Gasteiger partial charge in [-0.1, -0.05) is 6.07 Å². The van der Waals surface area contributed by atoms with Crippen LogP contribution < -0.4 is 5.32 Å². The second kappa shape index (κ2) is 4.96. The summed E-state index contributed by atoms with van der Waals surface area (Å²) in [4.78, 5) is 11.4. The Morgan fingerprint density at radius 1 is 1.05 bits per heavy atom. The monoisotopic (exact) mass is 281 g/mol. The summed E-state index contributed by atoms with van der Waals surface area (Å²) in [6.45, 7) is 0.989. The van der Waals surface area contributed by atoms with Crippen LogP contribution in [0.15, 0.2) is 42.7 Å². The van der Waals surface area contributed by atoms with E-state index in [2.05, 4.69) is 39.6 Å². The maximum atomic E-state index is 4.37. The average molecular weight is 281 g/mol. The van der Waals surface area contributed by atoms with Gasteiger partial charge in [-0.15, -0.1) is 11.3 Å². The third-order valence-corrected chi connectivity index (χ3v) is 4.69. The molecule has 1 saturated carbocycles. The van der Waals surface area contributed by atoms with Crippen LogP contribution in [0.1, 0.15) is 17.7 Å². The summed E-state index contributed by atoms with van der Waals surface area (Å²) in [7, 11) is 0. The van der Waals surface area contributed by atoms with Crippen molar-refractivity contribution in [3.63, 3.8) is 0 Å². The molecule has 3 nitrogen and oxygen atoms in total. The highest BCUT2D eigenvalue weighted by Gasteiger charge is 2.20. The van der Waals surface area contributed by atoms with E-state index in [4.69, 9.17) is 0 Å². The van der Waals surface area contributed by atoms with Crippen molar-refractivity contribution in [3.8, 4) is 10.4 Å². The Kier molecular flexibility index (Phi) is 2.98. The molecule has 1 aliphatic rings. The predicted octanol–water partition coefficient (Wildman–Crippen LogP) is 3.61. The Hall–Kier alpha value is -1.78. The van der Waals surface area contributed by atoms with Gasteiger partial charge in [-0.05, 0) is 42.7 Å². The average Bonchev–Trinajstić information content (AvgIpc) is 3.21. The minimum absolute atomic E-state index is 0.761. The number of benzene rings is 1. The first-order chi connectivity index (χ1) is 9.88. The van der Waals surface area contributed by atoms with Gasteiger partial charge in [0.2, 0.25) is 0 Å². The minimum Gasteiger partial charge on any atom is -0.309 e. The lowest BCUT2D eigenvalue weighted by Crippen LogP contribution is -2.14. The van der Waals surface area contributed by atoms with Gasteiger partial charge in [-0.25, -0.2) is 0 Å². The highest BCUT2D eigenvalue weighted by atomic mass is 32.1. The van der Waals surface area contributed by atoms with E-state index in [9.17, 15) is 0 Å². The van der Waals surface area contributed by atoms with Crippen LogP contribution >= 0.6 is 11.3 Å². The summed E-state index contributed by atoms with van der Waals surface area (Å²) in [6, 6.07) is 11.5. The zero-order chi connectivity index (χ0) is 13.4. The van der Waals surface area contributed by atoms with Crippen LogP contribution in [-0.2, 0) is 6.54 Å². The van der Waals surface area contributed by atoms with E-state index >= 15 is 0 Å². The van der Waals surface area contributed by atoms with Gasteiger partial charge in [0.15, 0.2) is 0 Å². The lowest BCUT2D eigenvalue weighted by molar-refractivity contribution is 0.695. The first-order valence-electron chi connectivity index (χ1n) is 6.92. The predicted molar refractivity (Wildman–Crippen MR) is 82.7 cm³/mol. The van der Waals surface area contributed by atoms with Gasteiger partial charge in [0.25, 0.3) is 0 Å². The maximum absolute atomic E-state index is 4.37. The molecule has 0 spiro atoms. The van der Waals surface area contributed by atoms with Crippen molar-refractivity contribution in [1.29, 1.82) is 0 Å². The van der Waals surface area contributed by atoms with Crippen LogP contribution in [0.4, 0.5) is 0 Å². The van der Waals surface area contributed by atoms with Crippen molar-refractivity contribution in [2.45, 2.75) is 25.4 Å². The number of rotatable bonds is 4. The second-order valence-electron chi connectivity index (χ2n) is 5.18. The second-order valence-corrected chi connectivity index (χ2v) is 6.35. The van der Waals surface area contributed by atoms with Crippen molar-refractivity contribution < 1.29 is 0 Å². The number of hydrogen-bond acceptors (Lipinski definition) is 4. The molecule has 3 aromatic rings. The molecule has 0 aliphatic heterocycles. The molecule has 1 N–H and O–H groups in total. The number of hydrogen-bond donors (Lipinski definition) is 1. The zero-order valence-electron chi connectivity index (χ0n) is 11.0. The first kappa shape index (κ1) is 12.0. The maximum Gasteiger partial charge on any atom is 0.0893 e. The summed E-state index contributed by atoms with van der Waals surface area (Å²) in [5.74, 6) is 0. The Balaban J connectivity index is 1.60. The normalized spacial score (nSPS) is 14.8. The molecule has 0 amide bonds. The van der Waals surface area contributed by atoms with E-state index < -0.39 is 0 Å². The number of fused-ring (bicyclic) bond motifs is 1. The van der Waals surface area contributed by atoms with Crippen LogP contribution in [0.2, 0.25) is 0 Å². The summed E-state index contributed by atoms with van der Waals surface area (Å²) in [6.07, 6.45) is 6.14. The van der Waals surface area contributed by atoms with Gasteiger partial charge in [0.1, 0.15) is 0 Å². The van der Waals surface area contributed by atoms with E-state index in [0.717, 1.165) is 23.6 Å². The van der Waals surface area contributed by atoms with Crippen LogP contribution in [0.5, 0.6) is 0 Å². The quantitative estimate of drug-likeness (QED) is 0.794. The fourth-order valence-corrected chi connectivity index (χ4v) is 3.23. The highest BCUT2D eigenvalue weighted by Crippen LogP contribution is 2.30. The standard InChI is InChI=1S/C16H15N3S/c1-5-14-15(18-8-7-17-14)9-11(1)16-6-4-13(20-16)10-19-12-2-3-12/h1,4-9,12,19H,2-3,10H2. The molecule has 0 radical (unpaired) electrons. The van der Waals surface area contributed by atoms with Crippen molar-refractivity contribution in [2.75, 3.05) is 0 Å². The van der Waals surface area contributed by atoms with Gasteiger partial charge < -0.3 is 5.32 Å². The van der Waals surface area contributed by atoms with E-state index in [1.54, 1.807) is 12.4 Å². The highest BCUT2D eigenvalue weighted by molar-refractivity contribution is 7.15. The molecule has 4 heteroatoms. The number of nitrogens with zero attached hydrogens (tertiary/aromatic N) is 2. The Morgan fingerprint density at radius 3 is 2.75 bits per heavy atom. The zero-order valence-corrected chi connectivity index (χ0v) is 11.9. The van der Waals surface area contributed by atoms with Crippen molar-refractivity contribution >= 4 is 22.4 Å². The molecule has 0 saturated heterocycles. The molecule has 0 bridgehead atoms. The Labute approximate surface area is 121 Å². The topological polar surface area (TPSA) is 37.8 Å². The molecule has 0 unspecified atom stereocenters. The van der Waals surface area contributed by atoms with Crippen LogP contribution in [0.25, 0.3) is 21.5 Å². The molecule has 2 heterocycles. The molecule has 1 aromatic carbocycles. The Bertz CT molecular complexity index is 746. The Morgan fingerprint density at radius 2 is 1.90 bits per heavy atom. The van der Waals surface area contributed by atoms with E-state index in [1.165, 1.54) is 28.2 Å². The van der Waals surface area contributed by atoms with E-state index in [1.807, 2.05) is 17.4 Å². The van der Waals surface area contributed by atoms with E-state index in [-0.39, 0.29) is 0 Å². The number of aromatic nitrogens is 2. The first-order valence-corrected chi connectivity index (χ1v) is 7.73. The largest absolute Gasteiger partial charge is 0.309 e. The smallest absolute Gasteiger partial charge is 0.0893 e. The summed E-state index contributed by atoms with van der Waals surface area (Å²) < 4.78 is 0. The molecule has 20 heavy (non-hydrogen) atoms. The fraction of sp³-hybridized carbons (Fsp3) is 0.250. The van der Waals surface area contributed by atoms with Gasteiger partial charge in [0.05, 0.1) is 11.0 Å². The van der Waals surface area contributed by atoms with Gasteiger partial charge >= 0.3 is 0 Å². The molecule has 1 fully saturated rings. The molecular weight excluding hydrogens is 266 g/mol. The molecule has 4 rings (SSSR count). The number of thiophene rings is 1. The number of nitrogens with one attached hydrogen (secondary N) is 1. The third-order valence-electron chi connectivity index (χ3n) is 3.56. The molecule has 100 valence electrons. The molecular formula is C16H15N3S. The fourth-order valence-electron chi connectivity index (χ4n) is 2.28. The third kappa shape index (κ3) is 2.44. The van der Waals surface area contributed by atoms with Crippen LogP contribution in [0, 0.1) is 0 Å². The summed E-state index contributed by atoms with van der Waals surface area (Å²) in [5, 5.41) is 3.56. The van der Waals surface area contributed by atoms with Gasteiger partial charge in [0, 0.05) is 34.7 Å². The molecule has 2 aromatic heterocycles. The van der Waals surface area contributed by atoms with Crippen LogP contribution in [-0.4, -0.2) is 16.0 Å². The summed E-state index contributed by atoms with van der Waals surface area (Å²) in [5.41, 5.74) is 3.13. The van der Waals surface area contributed by atoms with Crippen molar-refractivity contribution in [1.82, 2.24) is 15.3 Å². The van der Waals surface area contributed by atoms with Crippen molar-refractivity contribution in [3.05, 3.63) is 47.6 Å². The molecule has 0 atom stereocenters. The van der Waals surface area contributed by atoms with E-state index in [0.29, 0.717) is 0 Å². The van der Waals surface area contributed by atoms with Crippen molar-refractivity contribution in [2.24, 2.45) is 0 Å².